The monoisotopic (exact) mass is 448 g/mol. The summed E-state index contributed by atoms with van der Waals surface area (Å²) >= 11 is 5.98. The number of nitrogens with zero attached hydrogens (tertiary/aromatic N) is 3. The highest BCUT2D eigenvalue weighted by atomic mass is 35.5. The van der Waals surface area contributed by atoms with E-state index in [4.69, 9.17) is 17.3 Å². The number of pyridine rings is 1. The summed E-state index contributed by atoms with van der Waals surface area (Å²) in [7, 11) is 0. The van der Waals surface area contributed by atoms with Crippen LogP contribution < -0.4 is 11.1 Å². The topological polar surface area (TPSA) is 117 Å². The van der Waals surface area contributed by atoms with E-state index in [1.165, 1.54) is 17.3 Å². The van der Waals surface area contributed by atoms with Crippen molar-refractivity contribution in [3.63, 3.8) is 0 Å². The third kappa shape index (κ3) is 4.55. The molecule has 4 N–H and O–H groups in total. The molecule has 4 rings (SSSR count). The minimum Gasteiger partial charge on any atom is -0.383 e. The smallest absolute Gasteiger partial charge is 0.314 e. The summed E-state index contributed by atoms with van der Waals surface area (Å²) in [4.78, 5) is 31.7. The number of carbonyl (C=O) groups is 2. The molecule has 0 aliphatic heterocycles. The van der Waals surface area contributed by atoms with Crippen LogP contribution >= 0.6 is 11.6 Å². The maximum absolute atomic E-state index is 13.2. The van der Waals surface area contributed by atoms with Crippen LogP contribution in [0.3, 0.4) is 0 Å². The molecule has 0 unspecified atom stereocenters. The average Bonchev–Trinajstić information content (AvgIpc) is 3.29. The van der Waals surface area contributed by atoms with Gasteiger partial charge in [-0.2, -0.15) is 5.10 Å². The third-order valence-corrected chi connectivity index (χ3v) is 5.41. The molecule has 0 spiro atoms. The molecule has 2 aromatic carbocycles. The fourth-order valence-corrected chi connectivity index (χ4v) is 3.50. The number of H-pyrrole nitrogens is 1. The highest BCUT2D eigenvalue weighted by Gasteiger charge is 2.24. The number of nitrogens with one attached hydrogen (secondary N) is 2. The van der Waals surface area contributed by atoms with Crippen LogP contribution in [0.5, 0.6) is 0 Å². The molecule has 2 amide bonds. The predicted octanol–water partition coefficient (Wildman–Crippen LogP) is 3.67. The second-order valence-electron chi connectivity index (χ2n) is 7.38. The number of aryl methyl sites for hydroxylation is 1. The second-order valence-corrected chi connectivity index (χ2v) is 7.82. The normalized spacial score (nSPS) is 10.8. The lowest BCUT2D eigenvalue weighted by atomic mass is 10.1. The number of nitrogens with two attached hydrogens (primary N) is 1. The molecule has 0 aliphatic rings. The first-order chi connectivity index (χ1) is 15.4. The van der Waals surface area contributed by atoms with Gasteiger partial charge in [0.05, 0.1) is 29.0 Å². The van der Waals surface area contributed by atoms with Gasteiger partial charge in [-0.25, -0.2) is 4.98 Å². The molecule has 8 nitrogen and oxygen atoms in total. The van der Waals surface area contributed by atoms with Crippen molar-refractivity contribution in [3.8, 4) is 0 Å². The zero-order valence-corrected chi connectivity index (χ0v) is 18.1. The van der Waals surface area contributed by atoms with E-state index in [2.05, 4.69) is 20.5 Å². The lowest BCUT2D eigenvalue weighted by Gasteiger charge is -2.23. The SMILES string of the molecule is Cc1ccccc1CN(Cc1ccc(Cl)cc1)C(=O)C(=O)Nc1cnc(N)c2cn[nH]c12. The zero-order valence-electron chi connectivity index (χ0n) is 17.3. The largest absolute Gasteiger partial charge is 0.383 e. The highest BCUT2D eigenvalue weighted by molar-refractivity contribution is 6.40. The number of aromatic nitrogens is 3. The summed E-state index contributed by atoms with van der Waals surface area (Å²) in [6.45, 7) is 2.49. The van der Waals surface area contributed by atoms with E-state index in [0.717, 1.165) is 16.7 Å². The van der Waals surface area contributed by atoms with Crippen LogP contribution in [-0.4, -0.2) is 31.9 Å². The molecule has 4 aromatic rings. The van der Waals surface area contributed by atoms with Crippen LogP contribution in [0.25, 0.3) is 10.9 Å². The zero-order chi connectivity index (χ0) is 22.7. The number of nitrogen functional groups attached to an aromatic ring is 1. The fourth-order valence-electron chi connectivity index (χ4n) is 3.37. The van der Waals surface area contributed by atoms with Crippen molar-refractivity contribution in [2.45, 2.75) is 20.0 Å². The van der Waals surface area contributed by atoms with E-state index in [1.807, 2.05) is 43.3 Å². The number of hydrogen-bond acceptors (Lipinski definition) is 5. The summed E-state index contributed by atoms with van der Waals surface area (Å²) in [5, 5.41) is 10.5. The van der Waals surface area contributed by atoms with Gasteiger partial charge >= 0.3 is 11.8 Å². The van der Waals surface area contributed by atoms with Gasteiger partial charge in [-0.15, -0.1) is 0 Å². The van der Waals surface area contributed by atoms with E-state index in [-0.39, 0.29) is 18.9 Å². The van der Waals surface area contributed by atoms with Crippen molar-refractivity contribution in [2.24, 2.45) is 0 Å². The molecule has 162 valence electrons. The van der Waals surface area contributed by atoms with Crippen LogP contribution in [0, 0.1) is 6.92 Å². The van der Waals surface area contributed by atoms with Gasteiger partial charge in [0.15, 0.2) is 0 Å². The number of fused-ring (bicyclic) bond motifs is 1. The van der Waals surface area contributed by atoms with Crippen LogP contribution in [0.2, 0.25) is 5.02 Å². The molecule has 2 heterocycles. The van der Waals surface area contributed by atoms with Crippen molar-refractivity contribution in [2.75, 3.05) is 11.1 Å². The average molecular weight is 449 g/mol. The number of rotatable bonds is 5. The molecule has 0 aliphatic carbocycles. The molecule has 2 aromatic heterocycles. The molecule has 0 saturated carbocycles. The first kappa shape index (κ1) is 21.3. The van der Waals surface area contributed by atoms with Gasteiger partial charge in [0.25, 0.3) is 0 Å². The van der Waals surface area contributed by atoms with Crippen LogP contribution in [0.4, 0.5) is 11.5 Å². The number of amides is 2. The Labute approximate surface area is 189 Å². The molecule has 0 radical (unpaired) electrons. The summed E-state index contributed by atoms with van der Waals surface area (Å²) in [6, 6.07) is 14.9. The van der Waals surface area contributed by atoms with Gasteiger partial charge < -0.3 is 16.0 Å². The van der Waals surface area contributed by atoms with Crippen LogP contribution in [-0.2, 0) is 22.7 Å². The number of carbonyl (C=O) groups excluding carboxylic acids is 2. The summed E-state index contributed by atoms with van der Waals surface area (Å²) in [6.07, 6.45) is 2.91. The quantitative estimate of drug-likeness (QED) is 0.403. The third-order valence-electron chi connectivity index (χ3n) is 5.16. The Morgan fingerprint density at radius 1 is 1.09 bits per heavy atom. The lowest BCUT2D eigenvalue weighted by Crippen LogP contribution is -2.39. The second kappa shape index (κ2) is 9.07. The summed E-state index contributed by atoms with van der Waals surface area (Å²) in [5.41, 5.74) is 9.50. The Kier molecular flexibility index (Phi) is 6.04. The van der Waals surface area contributed by atoms with Crippen molar-refractivity contribution >= 4 is 45.8 Å². The van der Waals surface area contributed by atoms with E-state index in [1.54, 1.807) is 12.1 Å². The van der Waals surface area contributed by atoms with Gasteiger partial charge in [-0.05, 0) is 35.7 Å². The maximum atomic E-state index is 13.2. The molecule has 0 saturated heterocycles. The van der Waals surface area contributed by atoms with Gasteiger partial charge in [0, 0.05) is 18.1 Å². The number of benzene rings is 2. The van der Waals surface area contributed by atoms with Gasteiger partial charge in [-0.1, -0.05) is 48.0 Å². The van der Waals surface area contributed by atoms with Gasteiger partial charge in [-0.3, -0.25) is 14.7 Å². The molecule has 0 fully saturated rings. The van der Waals surface area contributed by atoms with E-state index in [9.17, 15) is 9.59 Å². The molecular weight excluding hydrogens is 428 g/mol. The van der Waals surface area contributed by atoms with Crippen LogP contribution in [0.15, 0.2) is 60.9 Å². The maximum Gasteiger partial charge on any atom is 0.314 e. The molecule has 0 atom stereocenters. The highest BCUT2D eigenvalue weighted by Crippen LogP contribution is 2.24. The lowest BCUT2D eigenvalue weighted by molar-refractivity contribution is -0.144. The number of halogens is 1. The van der Waals surface area contributed by atoms with Crippen molar-refractivity contribution in [1.29, 1.82) is 0 Å². The Hall–Kier alpha value is -3.91. The predicted molar refractivity (Wildman–Crippen MR) is 124 cm³/mol. The van der Waals surface area contributed by atoms with Gasteiger partial charge in [0.1, 0.15) is 5.82 Å². The Bertz CT molecular complexity index is 1290. The van der Waals surface area contributed by atoms with Gasteiger partial charge in [0.2, 0.25) is 0 Å². The van der Waals surface area contributed by atoms with E-state index < -0.39 is 11.8 Å². The standard InChI is InChI=1S/C23H21ClN6O2/c1-14-4-2-3-5-16(14)13-30(12-15-6-8-17(24)9-7-15)23(32)22(31)28-19-11-26-21(25)18-10-27-29-20(18)19/h2-11H,12-13H2,1H3,(H2,25,26)(H,27,29)(H,28,31). The van der Waals surface area contributed by atoms with E-state index in [0.29, 0.717) is 21.6 Å². The minimum atomic E-state index is -0.782. The molecular formula is C23H21ClN6O2. The van der Waals surface area contributed by atoms with Crippen molar-refractivity contribution in [1.82, 2.24) is 20.1 Å². The van der Waals surface area contributed by atoms with Crippen LogP contribution in [0.1, 0.15) is 16.7 Å². The number of hydrogen-bond donors (Lipinski definition) is 3. The number of anilines is 2. The molecule has 32 heavy (non-hydrogen) atoms. The first-order valence-electron chi connectivity index (χ1n) is 9.89. The summed E-state index contributed by atoms with van der Waals surface area (Å²) < 4.78 is 0. The fraction of sp³-hybridized carbons (Fsp3) is 0.130. The molecule has 9 heteroatoms. The minimum absolute atomic E-state index is 0.247. The molecule has 0 bridgehead atoms. The summed E-state index contributed by atoms with van der Waals surface area (Å²) in [5.74, 6) is -1.18. The first-order valence-corrected chi connectivity index (χ1v) is 10.3. The Morgan fingerprint density at radius 2 is 1.84 bits per heavy atom. The Balaban J connectivity index is 1.59. The Morgan fingerprint density at radius 3 is 2.59 bits per heavy atom. The van der Waals surface area contributed by atoms with E-state index >= 15 is 0 Å². The van der Waals surface area contributed by atoms with Crippen molar-refractivity contribution in [3.05, 3.63) is 82.6 Å². The van der Waals surface area contributed by atoms with Crippen molar-refractivity contribution < 1.29 is 9.59 Å². The number of aromatic amines is 1.